The van der Waals surface area contributed by atoms with Gasteiger partial charge in [-0.05, 0) is 12.5 Å². The summed E-state index contributed by atoms with van der Waals surface area (Å²) in [6, 6.07) is 4.15. The topological polar surface area (TPSA) is 145 Å². The summed E-state index contributed by atoms with van der Waals surface area (Å²) in [5.41, 5.74) is 0.874. The highest BCUT2D eigenvalue weighted by atomic mass is 16.6. The average Bonchev–Trinajstić information content (AvgIpc) is 2.49. The predicted octanol–water partition coefficient (Wildman–Crippen LogP) is -0.885. The Morgan fingerprint density at radius 2 is 1.95 bits per heavy atom. The van der Waals surface area contributed by atoms with Crippen molar-refractivity contribution in [2.45, 2.75) is 37.6 Å². The van der Waals surface area contributed by atoms with E-state index in [0.29, 0.717) is 11.3 Å². The number of aliphatic hydroxyl groups excluding tert-OH is 4. The molecule has 9 heteroatoms. The van der Waals surface area contributed by atoms with Crippen molar-refractivity contribution >= 4 is 11.4 Å². The number of nitro groups is 1. The third kappa shape index (κ3) is 3.18. The molecule has 1 aliphatic rings. The molecule has 1 aromatic carbocycles. The van der Waals surface area contributed by atoms with Crippen molar-refractivity contribution in [2.75, 3.05) is 11.9 Å². The summed E-state index contributed by atoms with van der Waals surface area (Å²) in [6.07, 6.45) is -6.60. The lowest BCUT2D eigenvalue weighted by atomic mass is 9.98. The van der Waals surface area contributed by atoms with Crippen molar-refractivity contribution in [3.05, 3.63) is 33.9 Å². The Balaban J connectivity index is 2.22. The van der Waals surface area contributed by atoms with Gasteiger partial charge in [-0.1, -0.05) is 6.07 Å². The van der Waals surface area contributed by atoms with Crippen LogP contribution in [0.1, 0.15) is 5.56 Å². The van der Waals surface area contributed by atoms with E-state index in [9.17, 15) is 25.4 Å². The SMILES string of the molecule is Cc1ccc([N+](=O)[O-])cc1N[C@@H]1O[C@@H](CO)[C@H](O)[C@H](O)[C@H]1O. The van der Waals surface area contributed by atoms with Crippen LogP contribution in [-0.4, -0.2) is 62.6 Å². The predicted molar refractivity (Wildman–Crippen MR) is 75.2 cm³/mol. The minimum absolute atomic E-state index is 0.141. The molecule has 0 aromatic heterocycles. The Kier molecular flexibility index (Phi) is 4.94. The first-order valence-electron chi connectivity index (χ1n) is 6.67. The van der Waals surface area contributed by atoms with Crippen LogP contribution in [0.5, 0.6) is 0 Å². The Hall–Kier alpha value is -1.78. The summed E-state index contributed by atoms with van der Waals surface area (Å²) in [5, 5.41) is 52.0. The molecule has 0 spiro atoms. The van der Waals surface area contributed by atoms with E-state index in [4.69, 9.17) is 9.84 Å². The second kappa shape index (κ2) is 6.55. The van der Waals surface area contributed by atoms with Gasteiger partial charge in [-0.15, -0.1) is 0 Å². The molecule has 22 heavy (non-hydrogen) atoms. The van der Waals surface area contributed by atoms with Crippen LogP contribution in [-0.2, 0) is 4.74 Å². The molecular weight excluding hydrogens is 296 g/mol. The fraction of sp³-hybridized carbons (Fsp3) is 0.538. The number of aliphatic hydroxyl groups is 4. The fourth-order valence-electron chi connectivity index (χ4n) is 2.25. The lowest BCUT2D eigenvalue weighted by Gasteiger charge is -2.40. The van der Waals surface area contributed by atoms with Crippen molar-refractivity contribution < 1.29 is 30.1 Å². The minimum Gasteiger partial charge on any atom is -0.394 e. The molecule has 1 aromatic rings. The van der Waals surface area contributed by atoms with Crippen molar-refractivity contribution in [3.8, 4) is 0 Å². The van der Waals surface area contributed by atoms with Crippen LogP contribution >= 0.6 is 0 Å². The van der Waals surface area contributed by atoms with Crippen LogP contribution in [0.15, 0.2) is 18.2 Å². The molecule has 0 aliphatic carbocycles. The number of hydrogen-bond donors (Lipinski definition) is 5. The maximum atomic E-state index is 10.8. The molecule has 5 N–H and O–H groups in total. The standard InChI is InChI=1S/C13H18N2O7/c1-6-2-3-7(15(20)21)4-8(6)14-13-12(19)11(18)10(17)9(5-16)22-13/h2-4,9-14,16-19H,5H2,1H3/t9-,10-,11-,12+,13+/m0/s1. The van der Waals surface area contributed by atoms with Gasteiger partial charge in [-0.3, -0.25) is 10.1 Å². The first-order valence-corrected chi connectivity index (χ1v) is 6.67. The van der Waals surface area contributed by atoms with E-state index >= 15 is 0 Å². The van der Waals surface area contributed by atoms with Gasteiger partial charge in [0, 0.05) is 17.8 Å². The number of aryl methyl sites for hydroxylation is 1. The Morgan fingerprint density at radius 3 is 2.55 bits per heavy atom. The minimum atomic E-state index is -1.51. The first-order chi connectivity index (χ1) is 10.3. The number of nitrogens with one attached hydrogen (secondary N) is 1. The third-order valence-corrected chi connectivity index (χ3v) is 3.62. The quantitative estimate of drug-likeness (QED) is 0.355. The summed E-state index contributed by atoms with van der Waals surface area (Å²) >= 11 is 0. The summed E-state index contributed by atoms with van der Waals surface area (Å²) in [7, 11) is 0. The molecule has 5 atom stereocenters. The van der Waals surface area contributed by atoms with Crippen LogP contribution in [0.3, 0.4) is 0 Å². The first kappa shape index (κ1) is 16.6. The fourth-order valence-corrected chi connectivity index (χ4v) is 2.25. The zero-order valence-corrected chi connectivity index (χ0v) is 11.8. The number of rotatable bonds is 4. The molecule has 1 aliphatic heterocycles. The van der Waals surface area contributed by atoms with Gasteiger partial charge in [-0.2, -0.15) is 0 Å². The van der Waals surface area contributed by atoms with E-state index in [1.807, 2.05) is 0 Å². The van der Waals surface area contributed by atoms with Gasteiger partial charge in [0.1, 0.15) is 24.4 Å². The monoisotopic (exact) mass is 314 g/mol. The van der Waals surface area contributed by atoms with E-state index in [2.05, 4.69) is 5.32 Å². The molecule has 2 rings (SSSR count). The van der Waals surface area contributed by atoms with Crippen molar-refractivity contribution in [1.29, 1.82) is 0 Å². The molecule has 0 bridgehead atoms. The van der Waals surface area contributed by atoms with E-state index in [1.54, 1.807) is 6.92 Å². The molecule has 1 fully saturated rings. The number of nitro benzene ring substituents is 1. The number of anilines is 1. The molecule has 122 valence electrons. The van der Waals surface area contributed by atoms with E-state index in [0.717, 1.165) is 0 Å². The molecule has 1 heterocycles. The number of non-ortho nitro benzene ring substituents is 1. The third-order valence-electron chi connectivity index (χ3n) is 3.62. The molecule has 1 saturated heterocycles. The number of hydrogen-bond acceptors (Lipinski definition) is 8. The molecule has 0 unspecified atom stereocenters. The van der Waals surface area contributed by atoms with Gasteiger partial charge in [0.2, 0.25) is 0 Å². The Labute approximate surface area is 125 Å². The van der Waals surface area contributed by atoms with Crippen LogP contribution in [0.25, 0.3) is 0 Å². The van der Waals surface area contributed by atoms with Crippen LogP contribution in [0.4, 0.5) is 11.4 Å². The highest BCUT2D eigenvalue weighted by Crippen LogP contribution is 2.27. The van der Waals surface area contributed by atoms with Gasteiger partial charge in [0.05, 0.1) is 11.5 Å². The van der Waals surface area contributed by atoms with Crippen LogP contribution < -0.4 is 5.32 Å². The zero-order valence-electron chi connectivity index (χ0n) is 11.8. The van der Waals surface area contributed by atoms with Gasteiger partial charge >= 0.3 is 0 Å². The highest BCUT2D eigenvalue weighted by Gasteiger charge is 2.43. The number of ether oxygens (including phenoxy) is 1. The van der Waals surface area contributed by atoms with Crippen molar-refractivity contribution in [2.24, 2.45) is 0 Å². The summed E-state index contributed by atoms with van der Waals surface area (Å²) in [4.78, 5) is 10.2. The maximum absolute atomic E-state index is 10.8. The molecule has 0 amide bonds. The van der Waals surface area contributed by atoms with Gasteiger partial charge < -0.3 is 30.5 Å². The summed E-state index contributed by atoms with van der Waals surface area (Å²) < 4.78 is 5.30. The normalized spacial score (nSPS) is 31.8. The maximum Gasteiger partial charge on any atom is 0.271 e. The second-order valence-corrected chi connectivity index (χ2v) is 5.15. The largest absolute Gasteiger partial charge is 0.394 e. The molecule has 9 nitrogen and oxygen atoms in total. The average molecular weight is 314 g/mol. The molecule has 0 radical (unpaired) electrons. The Bertz CT molecular complexity index is 551. The zero-order chi connectivity index (χ0) is 16.4. The lowest BCUT2D eigenvalue weighted by Crippen LogP contribution is -2.60. The van der Waals surface area contributed by atoms with Crippen LogP contribution in [0.2, 0.25) is 0 Å². The van der Waals surface area contributed by atoms with Crippen LogP contribution in [0, 0.1) is 17.0 Å². The van der Waals surface area contributed by atoms with Gasteiger partial charge in [0.15, 0.2) is 6.23 Å². The van der Waals surface area contributed by atoms with E-state index in [-0.39, 0.29) is 5.69 Å². The van der Waals surface area contributed by atoms with Gasteiger partial charge in [-0.25, -0.2) is 0 Å². The van der Waals surface area contributed by atoms with Gasteiger partial charge in [0.25, 0.3) is 5.69 Å². The molecular formula is C13H18N2O7. The molecule has 0 saturated carbocycles. The van der Waals surface area contributed by atoms with Crippen molar-refractivity contribution in [3.63, 3.8) is 0 Å². The number of benzene rings is 1. The lowest BCUT2D eigenvalue weighted by molar-refractivity contribution is -0.384. The van der Waals surface area contributed by atoms with E-state index in [1.165, 1.54) is 18.2 Å². The Morgan fingerprint density at radius 1 is 1.27 bits per heavy atom. The van der Waals surface area contributed by atoms with E-state index < -0.39 is 42.2 Å². The summed E-state index contributed by atoms with van der Waals surface area (Å²) in [6.45, 7) is 1.16. The number of nitrogens with zero attached hydrogens (tertiary/aromatic N) is 1. The van der Waals surface area contributed by atoms with Crippen molar-refractivity contribution in [1.82, 2.24) is 0 Å². The smallest absolute Gasteiger partial charge is 0.271 e. The second-order valence-electron chi connectivity index (χ2n) is 5.15. The summed E-state index contributed by atoms with van der Waals surface area (Å²) in [5.74, 6) is 0. The highest BCUT2D eigenvalue weighted by molar-refractivity contribution is 5.57.